The van der Waals surface area contributed by atoms with Gasteiger partial charge in [-0.05, 0) is 67.1 Å². The lowest BCUT2D eigenvalue weighted by Crippen LogP contribution is -2.21. The lowest BCUT2D eigenvalue weighted by atomic mass is 10.2. The van der Waals surface area contributed by atoms with Crippen LogP contribution in [0.2, 0.25) is 0 Å². The first-order valence-electron chi connectivity index (χ1n) is 9.83. The van der Waals surface area contributed by atoms with E-state index in [4.69, 9.17) is 0 Å². The van der Waals surface area contributed by atoms with Crippen LogP contribution in [0.5, 0.6) is 0 Å². The van der Waals surface area contributed by atoms with Gasteiger partial charge in [0.1, 0.15) is 0 Å². The molecule has 3 aromatic rings. The number of nitrogens with zero attached hydrogens (tertiary/aromatic N) is 5. The van der Waals surface area contributed by atoms with Crippen LogP contribution in [0, 0.1) is 0 Å². The van der Waals surface area contributed by atoms with Crippen molar-refractivity contribution < 1.29 is 0 Å². The fourth-order valence-corrected chi connectivity index (χ4v) is 3.84. The SMILES string of the molecule is CCN(CC)c1ccc(CNCCCSc2nnnn2-c2ccccc2)cc1.Cl. The Morgan fingerprint density at radius 3 is 2.41 bits per heavy atom. The molecule has 0 atom stereocenters. The summed E-state index contributed by atoms with van der Waals surface area (Å²) in [5.41, 5.74) is 3.60. The van der Waals surface area contributed by atoms with Gasteiger partial charge in [-0.1, -0.05) is 42.1 Å². The Hall–Kier alpha value is -2.09. The number of hydrogen-bond donors (Lipinski definition) is 1. The van der Waals surface area contributed by atoms with Gasteiger partial charge < -0.3 is 10.2 Å². The second kappa shape index (κ2) is 12.5. The Morgan fingerprint density at radius 2 is 1.72 bits per heavy atom. The van der Waals surface area contributed by atoms with Gasteiger partial charge >= 0.3 is 0 Å². The zero-order chi connectivity index (χ0) is 19.6. The van der Waals surface area contributed by atoms with E-state index in [-0.39, 0.29) is 12.4 Å². The van der Waals surface area contributed by atoms with E-state index >= 15 is 0 Å². The van der Waals surface area contributed by atoms with Gasteiger partial charge in [-0.3, -0.25) is 0 Å². The Labute approximate surface area is 183 Å². The van der Waals surface area contributed by atoms with Gasteiger partial charge in [0.2, 0.25) is 5.16 Å². The molecule has 0 bridgehead atoms. The molecule has 8 heteroatoms. The monoisotopic (exact) mass is 432 g/mol. The third-order valence-corrected chi connectivity index (χ3v) is 5.57. The van der Waals surface area contributed by atoms with Crippen molar-refractivity contribution in [2.24, 2.45) is 0 Å². The topological polar surface area (TPSA) is 58.9 Å². The lowest BCUT2D eigenvalue weighted by Gasteiger charge is -2.21. The summed E-state index contributed by atoms with van der Waals surface area (Å²) in [5.74, 6) is 0.973. The van der Waals surface area contributed by atoms with Gasteiger partial charge in [-0.15, -0.1) is 17.5 Å². The molecule has 6 nitrogen and oxygen atoms in total. The summed E-state index contributed by atoms with van der Waals surface area (Å²) in [6.07, 6.45) is 1.06. The van der Waals surface area contributed by atoms with E-state index in [0.29, 0.717) is 0 Å². The molecule has 0 spiro atoms. The highest BCUT2D eigenvalue weighted by Crippen LogP contribution is 2.18. The number of aromatic nitrogens is 4. The van der Waals surface area contributed by atoms with Gasteiger partial charge in [0, 0.05) is 31.1 Å². The van der Waals surface area contributed by atoms with E-state index in [2.05, 4.69) is 63.9 Å². The maximum absolute atomic E-state index is 4.13. The number of benzene rings is 2. The molecule has 2 aromatic carbocycles. The first-order valence-corrected chi connectivity index (χ1v) is 10.8. The molecule has 0 saturated heterocycles. The quantitative estimate of drug-likeness (QED) is 0.362. The number of hydrogen-bond acceptors (Lipinski definition) is 6. The van der Waals surface area contributed by atoms with Crippen molar-refractivity contribution >= 4 is 29.9 Å². The standard InChI is InChI=1S/C21H28N6S.ClH/c1-3-26(4-2)19-13-11-18(12-14-19)17-22-15-8-16-28-21-23-24-25-27(21)20-9-6-5-7-10-20;/h5-7,9-14,22H,3-4,8,15-17H2,1-2H3;1H. The van der Waals surface area contributed by atoms with Crippen LogP contribution in [0.4, 0.5) is 5.69 Å². The smallest absolute Gasteiger partial charge is 0.214 e. The van der Waals surface area contributed by atoms with Crippen LogP contribution in [0.1, 0.15) is 25.8 Å². The maximum atomic E-state index is 4.13. The molecule has 0 aliphatic rings. The third kappa shape index (κ3) is 6.73. The second-order valence-electron chi connectivity index (χ2n) is 6.43. The van der Waals surface area contributed by atoms with Gasteiger partial charge in [-0.25, -0.2) is 0 Å². The molecule has 1 heterocycles. The fraction of sp³-hybridized carbons (Fsp3) is 0.381. The number of halogens is 1. The molecule has 0 amide bonds. The molecule has 0 unspecified atom stereocenters. The third-order valence-electron chi connectivity index (χ3n) is 4.56. The van der Waals surface area contributed by atoms with E-state index in [1.54, 1.807) is 16.4 Å². The summed E-state index contributed by atoms with van der Waals surface area (Å²) < 4.78 is 1.79. The van der Waals surface area contributed by atoms with Gasteiger partial charge in [-0.2, -0.15) is 4.68 Å². The van der Waals surface area contributed by atoms with E-state index in [0.717, 1.165) is 49.2 Å². The molecule has 0 saturated carbocycles. The van der Waals surface area contributed by atoms with E-state index in [1.165, 1.54) is 11.3 Å². The fourth-order valence-electron chi connectivity index (χ4n) is 3.01. The predicted molar refractivity (Wildman–Crippen MR) is 123 cm³/mol. The number of nitrogens with one attached hydrogen (secondary N) is 1. The molecule has 156 valence electrons. The van der Waals surface area contributed by atoms with E-state index < -0.39 is 0 Å². The molecule has 0 radical (unpaired) electrons. The van der Waals surface area contributed by atoms with Crippen molar-refractivity contribution in [1.29, 1.82) is 0 Å². The summed E-state index contributed by atoms with van der Waals surface area (Å²) in [7, 11) is 0. The molecule has 29 heavy (non-hydrogen) atoms. The first-order chi connectivity index (χ1) is 13.8. The maximum Gasteiger partial charge on any atom is 0.214 e. The highest BCUT2D eigenvalue weighted by molar-refractivity contribution is 7.99. The minimum absolute atomic E-state index is 0. The molecule has 3 rings (SSSR count). The Bertz CT molecular complexity index is 821. The molecule has 1 aromatic heterocycles. The van der Waals surface area contributed by atoms with Gasteiger partial charge in [0.25, 0.3) is 0 Å². The van der Waals surface area contributed by atoms with Crippen LogP contribution >= 0.6 is 24.2 Å². The van der Waals surface area contributed by atoms with Crippen molar-refractivity contribution in [3.8, 4) is 5.69 Å². The van der Waals surface area contributed by atoms with Crippen molar-refractivity contribution in [2.45, 2.75) is 32.0 Å². The lowest BCUT2D eigenvalue weighted by molar-refractivity contribution is 0.678. The number of thioether (sulfide) groups is 1. The number of anilines is 1. The van der Waals surface area contributed by atoms with Crippen molar-refractivity contribution in [3.63, 3.8) is 0 Å². The Balaban J connectivity index is 0.00000300. The minimum atomic E-state index is 0. The summed E-state index contributed by atoms with van der Waals surface area (Å²) in [5, 5.41) is 16.4. The highest BCUT2D eigenvalue weighted by Gasteiger charge is 2.08. The summed E-state index contributed by atoms with van der Waals surface area (Å²) in [6, 6.07) is 18.8. The summed E-state index contributed by atoms with van der Waals surface area (Å²) in [6.45, 7) is 8.33. The van der Waals surface area contributed by atoms with E-state index in [1.807, 2.05) is 30.3 Å². The molecule has 0 fully saturated rings. The second-order valence-corrected chi connectivity index (χ2v) is 7.49. The predicted octanol–water partition coefficient (Wildman–Crippen LogP) is 4.20. The molecular weight excluding hydrogens is 404 g/mol. The number of rotatable bonds is 11. The number of para-hydroxylation sites is 1. The first kappa shape index (κ1) is 23.2. The van der Waals surface area contributed by atoms with Crippen LogP contribution in [-0.2, 0) is 6.54 Å². The highest BCUT2D eigenvalue weighted by atomic mass is 35.5. The van der Waals surface area contributed by atoms with Gasteiger partial charge in [0.15, 0.2) is 0 Å². The van der Waals surface area contributed by atoms with Crippen LogP contribution in [-0.4, -0.2) is 45.6 Å². The Morgan fingerprint density at radius 1 is 1.00 bits per heavy atom. The van der Waals surface area contributed by atoms with E-state index in [9.17, 15) is 0 Å². The molecular formula is C21H29ClN6S. The zero-order valence-corrected chi connectivity index (χ0v) is 18.6. The van der Waals surface area contributed by atoms with Crippen LogP contribution in [0.15, 0.2) is 59.8 Å². The summed E-state index contributed by atoms with van der Waals surface area (Å²) >= 11 is 1.69. The van der Waals surface area contributed by atoms with Crippen LogP contribution < -0.4 is 10.2 Å². The largest absolute Gasteiger partial charge is 0.372 e. The van der Waals surface area contributed by atoms with Crippen molar-refractivity contribution in [3.05, 3.63) is 60.2 Å². The zero-order valence-electron chi connectivity index (χ0n) is 17.0. The number of tetrazole rings is 1. The molecule has 0 aliphatic carbocycles. The van der Waals surface area contributed by atoms with Gasteiger partial charge in [0.05, 0.1) is 5.69 Å². The van der Waals surface area contributed by atoms with Crippen molar-refractivity contribution in [2.75, 3.05) is 30.3 Å². The molecule has 1 N–H and O–H groups in total. The van der Waals surface area contributed by atoms with Crippen LogP contribution in [0.25, 0.3) is 5.69 Å². The minimum Gasteiger partial charge on any atom is -0.372 e. The van der Waals surface area contributed by atoms with Crippen LogP contribution in [0.3, 0.4) is 0 Å². The van der Waals surface area contributed by atoms with Crippen molar-refractivity contribution in [1.82, 2.24) is 25.5 Å². The Kier molecular flexibility index (Phi) is 9.97. The molecule has 0 aliphatic heterocycles. The normalized spacial score (nSPS) is 10.6. The summed E-state index contributed by atoms with van der Waals surface area (Å²) in [4.78, 5) is 2.36. The average molecular weight is 433 g/mol. The average Bonchev–Trinajstić information content (AvgIpc) is 3.22.